The summed E-state index contributed by atoms with van der Waals surface area (Å²) in [6.07, 6.45) is 4.79. The van der Waals surface area contributed by atoms with E-state index in [0.717, 1.165) is 12.0 Å². The van der Waals surface area contributed by atoms with Crippen LogP contribution in [0.25, 0.3) is 5.76 Å². The summed E-state index contributed by atoms with van der Waals surface area (Å²) in [5.41, 5.74) is 1.28. The van der Waals surface area contributed by atoms with Gasteiger partial charge in [-0.25, -0.2) is 0 Å². The zero-order valence-electron chi connectivity index (χ0n) is 16.1. The van der Waals surface area contributed by atoms with Gasteiger partial charge in [-0.15, -0.1) is 0 Å². The molecule has 0 bridgehead atoms. The quantitative estimate of drug-likeness (QED) is 0.450. The van der Waals surface area contributed by atoms with Crippen molar-refractivity contribution in [2.75, 3.05) is 13.2 Å². The number of carbonyl (C=O) groups excluding carboxylic acids is 2. The van der Waals surface area contributed by atoms with Gasteiger partial charge in [0, 0.05) is 24.5 Å². The second-order valence-corrected chi connectivity index (χ2v) is 6.65. The molecule has 0 spiro atoms. The normalized spacial score (nSPS) is 18.5. The molecule has 146 valence electrons. The fraction of sp³-hybridized carbons (Fsp3) is 0.318. The van der Waals surface area contributed by atoms with Crippen LogP contribution < -0.4 is 4.74 Å². The van der Waals surface area contributed by atoms with Crippen LogP contribution in [-0.2, 0) is 9.59 Å². The Morgan fingerprint density at radius 3 is 2.57 bits per heavy atom. The summed E-state index contributed by atoms with van der Waals surface area (Å²) in [7, 11) is 0. The zero-order chi connectivity index (χ0) is 20.1. The van der Waals surface area contributed by atoms with Gasteiger partial charge in [-0.1, -0.05) is 26.0 Å². The Morgan fingerprint density at radius 2 is 1.89 bits per heavy atom. The second-order valence-electron chi connectivity index (χ2n) is 6.65. The summed E-state index contributed by atoms with van der Waals surface area (Å²) in [4.78, 5) is 30.9. The molecule has 3 rings (SSSR count). The number of nitrogens with zero attached hydrogens (tertiary/aromatic N) is 2. The van der Waals surface area contributed by atoms with Gasteiger partial charge >= 0.3 is 0 Å². The Hall–Kier alpha value is -3.15. The number of hydrogen-bond donors (Lipinski definition) is 1. The van der Waals surface area contributed by atoms with Crippen molar-refractivity contribution < 1.29 is 19.4 Å². The molecule has 1 aliphatic rings. The topological polar surface area (TPSA) is 79.7 Å². The lowest BCUT2D eigenvalue weighted by atomic mass is 9.96. The lowest BCUT2D eigenvalue weighted by Crippen LogP contribution is -2.30. The number of aliphatic hydroxyl groups is 1. The number of carbonyl (C=O) groups is 2. The predicted molar refractivity (Wildman–Crippen MR) is 106 cm³/mol. The highest BCUT2D eigenvalue weighted by molar-refractivity contribution is 6.46. The highest BCUT2D eigenvalue weighted by Gasteiger charge is 2.45. The van der Waals surface area contributed by atoms with Crippen molar-refractivity contribution >= 4 is 17.4 Å². The number of aromatic nitrogens is 1. The third-order valence-corrected chi connectivity index (χ3v) is 4.61. The van der Waals surface area contributed by atoms with Gasteiger partial charge < -0.3 is 14.7 Å². The molecule has 2 heterocycles. The smallest absolute Gasteiger partial charge is 0.295 e. The molecule has 1 aromatic carbocycles. The van der Waals surface area contributed by atoms with Gasteiger partial charge in [0.2, 0.25) is 0 Å². The van der Waals surface area contributed by atoms with Crippen molar-refractivity contribution in [2.24, 2.45) is 0 Å². The highest BCUT2D eigenvalue weighted by atomic mass is 16.5. The first-order valence-corrected chi connectivity index (χ1v) is 9.50. The number of ether oxygens (including phenoxy) is 1. The largest absolute Gasteiger partial charge is 0.507 e. The first-order chi connectivity index (χ1) is 13.6. The zero-order valence-corrected chi connectivity index (χ0v) is 16.1. The van der Waals surface area contributed by atoms with Crippen molar-refractivity contribution in [3.8, 4) is 5.75 Å². The van der Waals surface area contributed by atoms with Gasteiger partial charge in [0.1, 0.15) is 11.5 Å². The maximum atomic E-state index is 12.8. The van der Waals surface area contributed by atoms with Crippen LogP contribution in [0.4, 0.5) is 0 Å². The molecular formula is C22H24N2O4. The van der Waals surface area contributed by atoms with Crippen molar-refractivity contribution in [3.63, 3.8) is 0 Å². The van der Waals surface area contributed by atoms with E-state index in [1.54, 1.807) is 48.8 Å². The number of Topliss-reactive ketones (excluding diaryl/α,β-unsaturated/α-hetero) is 1. The summed E-state index contributed by atoms with van der Waals surface area (Å²) in [5, 5.41) is 11.0. The number of benzene rings is 1. The van der Waals surface area contributed by atoms with Gasteiger partial charge in [-0.05, 0) is 42.7 Å². The number of pyridine rings is 1. The molecule has 0 radical (unpaired) electrons. The fourth-order valence-electron chi connectivity index (χ4n) is 3.35. The number of aliphatic hydroxyl groups excluding tert-OH is 1. The van der Waals surface area contributed by atoms with Crippen LogP contribution in [0.3, 0.4) is 0 Å². The van der Waals surface area contributed by atoms with E-state index >= 15 is 0 Å². The minimum absolute atomic E-state index is 0.0947. The molecule has 0 saturated carbocycles. The van der Waals surface area contributed by atoms with Crippen molar-refractivity contribution in [2.45, 2.75) is 32.7 Å². The molecule has 1 N–H and O–H groups in total. The van der Waals surface area contributed by atoms with Gasteiger partial charge in [-0.2, -0.15) is 0 Å². The molecular weight excluding hydrogens is 356 g/mol. The maximum absolute atomic E-state index is 12.8. The number of likely N-dealkylation sites (tertiary alicyclic amines) is 1. The molecule has 1 saturated heterocycles. The number of hydrogen-bond acceptors (Lipinski definition) is 5. The van der Waals surface area contributed by atoms with Crippen molar-refractivity contribution in [1.29, 1.82) is 0 Å². The molecule has 1 amide bonds. The summed E-state index contributed by atoms with van der Waals surface area (Å²) < 4.78 is 5.62. The second kappa shape index (κ2) is 8.69. The van der Waals surface area contributed by atoms with Gasteiger partial charge in [-0.3, -0.25) is 14.6 Å². The third kappa shape index (κ3) is 3.76. The van der Waals surface area contributed by atoms with Crippen LogP contribution >= 0.6 is 0 Å². The Balaban J connectivity index is 2.10. The average Bonchev–Trinajstić information content (AvgIpc) is 2.98. The fourth-order valence-corrected chi connectivity index (χ4v) is 3.35. The van der Waals surface area contributed by atoms with E-state index in [0.29, 0.717) is 30.9 Å². The number of amides is 1. The van der Waals surface area contributed by atoms with Crippen LogP contribution in [0.15, 0.2) is 54.4 Å². The first kappa shape index (κ1) is 19.6. The molecule has 0 aliphatic carbocycles. The van der Waals surface area contributed by atoms with Crippen LogP contribution in [-0.4, -0.2) is 39.8 Å². The van der Waals surface area contributed by atoms with E-state index in [1.807, 2.05) is 13.8 Å². The Bertz CT molecular complexity index is 892. The van der Waals surface area contributed by atoms with E-state index in [9.17, 15) is 14.7 Å². The third-order valence-electron chi connectivity index (χ3n) is 4.61. The monoisotopic (exact) mass is 380 g/mol. The van der Waals surface area contributed by atoms with Gasteiger partial charge in [0.25, 0.3) is 11.7 Å². The molecule has 6 heteroatoms. The van der Waals surface area contributed by atoms with Crippen LogP contribution in [0.5, 0.6) is 5.75 Å². The molecule has 1 aromatic heterocycles. The number of ketones is 1. The van der Waals surface area contributed by atoms with E-state index in [1.165, 1.54) is 4.90 Å². The standard InChI is InChI=1S/C22H24N2O4/c1-3-12-24-19(15-8-10-23-11-9-15)18(21(26)22(24)27)20(25)16-6-5-7-17(14-16)28-13-4-2/h5-11,14,19,25H,3-4,12-13H2,1-2H3/b20-18-. The minimum Gasteiger partial charge on any atom is -0.507 e. The van der Waals surface area contributed by atoms with Gasteiger partial charge in [0.05, 0.1) is 18.2 Å². The van der Waals surface area contributed by atoms with E-state index in [-0.39, 0.29) is 11.3 Å². The lowest BCUT2D eigenvalue weighted by molar-refractivity contribution is -0.139. The minimum atomic E-state index is -0.673. The highest BCUT2D eigenvalue weighted by Crippen LogP contribution is 2.39. The van der Waals surface area contributed by atoms with Crippen molar-refractivity contribution in [1.82, 2.24) is 9.88 Å². The summed E-state index contributed by atoms with van der Waals surface area (Å²) in [6, 6.07) is 9.81. The Labute approximate surface area is 164 Å². The molecule has 1 aliphatic heterocycles. The van der Waals surface area contributed by atoms with E-state index < -0.39 is 17.7 Å². The number of rotatable bonds is 7. The van der Waals surface area contributed by atoms with Gasteiger partial charge in [0.15, 0.2) is 0 Å². The van der Waals surface area contributed by atoms with Crippen molar-refractivity contribution in [3.05, 3.63) is 65.5 Å². The van der Waals surface area contributed by atoms with E-state index in [2.05, 4.69) is 4.98 Å². The van der Waals surface area contributed by atoms with Crippen LogP contribution in [0, 0.1) is 0 Å². The van der Waals surface area contributed by atoms with Crippen LogP contribution in [0.2, 0.25) is 0 Å². The molecule has 1 fully saturated rings. The summed E-state index contributed by atoms with van der Waals surface area (Å²) in [6.45, 7) is 4.93. The predicted octanol–water partition coefficient (Wildman–Crippen LogP) is 3.70. The summed E-state index contributed by atoms with van der Waals surface area (Å²) >= 11 is 0. The maximum Gasteiger partial charge on any atom is 0.295 e. The molecule has 1 atom stereocenters. The lowest BCUT2D eigenvalue weighted by Gasteiger charge is -2.24. The SMILES string of the molecule is CCCOc1cccc(/C(O)=C2/C(=O)C(=O)N(CCC)C2c2ccncc2)c1. The Morgan fingerprint density at radius 1 is 1.14 bits per heavy atom. The summed E-state index contributed by atoms with van der Waals surface area (Å²) in [5.74, 6) is -0.855. The average molecular weight is 380 g/mol. The Kier molecular flexibility index (Phi) is 6.09. The van der Waals surface area contributed by atoms with E-state index in [4.69, 9.17) is 4.74 Å². The molecule has 28 heavy (non-hydrogen) atoms. The molecule has 2 aromatic rings. The first-order valence-electron chi connectivity index (χ1n) is 9.50. The molecule has 6 nitrogen and oxygen atoms in total. The molecule has 1 unspecified atom stereocenters. The van der Waals surface area contributed by atoms with Crippen LogP contribution in [0.1, 0.15) is 43.9 Å².